The quantitative estimate of drug-likeness (QED) is 0.236. The molecule has 0 saturated heterocycles. The Bertz CT molecular complexity index is 1400. The normalized spacial score (nSPS) is 11.9. The van der Waals surface area contributed by atoms with Crippen LogP contribution in [0.3, 0.4) is 0 Å². The highest BCUT2D eigenvalue weighted by Gasteiger charge is 2.31. The number of nitrogens with one attached hydrogen (secondary N) is 1. The second-order valence-electron chi connectivity index (χ2n) is 10.1. The van der Waals surface area contributed by atoms with Gasteiger partial charge < -0.3 is 15.0 Å². The molecule has 8 nitrogen and oxygen atoms in total. The molecule has 2 amide bonds. The first-order valence-corrected chi connectivity index (χ1v) is 15.9. The second kappa shape index (κ2) is 15.9. The van der Waals surface area contributed by atoms with E-state index in [1.165, 1.54) is 22.4 Å². The van der Waals surface area contributed by atoms with Crippen LogP contribution in [-0.2, 0) is 32.6 Å². The van der Waals surface area contributed by atoms with Crippen LogP contribution in [-0.4, -0.2) is 57.6 Å². The molecule has 3 rings (SSSR count). The number of halogens is 1. The number of methoxy groups -OCH3 is 1. The molecule has 10 heteroatoms. The highest BCUT2D eigenvalue weighted by molar-refractivity contribution is 7.92. The van der Waals surface area contributed by atoms with E-state index in [1.807, 2.05) is 37.3 Å². The van der Waals surface area contributed by atoms with Crippen LogP contribution in [0.15, 0.2) is 78.9 Å². The molecule has 0 spiro atoms. The Morgan fingerprint density at radius 2 is 1.62 bits per heavy atom. The standard InChI is InChI=1S/C32H40FN3O5S/c1-4-5-21-34-32(38)30(23-25-12-7-6-8-13-25)35(24-26-14-9-10-15-29(26)33)31(37)16-11-22-36(42(3,39)40)27-17-19-28(41-2)20-18-27/h6-10,12-15,17-20,30H,4-5,11,16,21-24H2,1-3H3,(H,34,38)/t30-/m1/s1. The zero-order chi connectivity index (χ0) is 30.5. The lowest BCUT2D eigenvalue weighted by atomic mass is 10.0. The number of carbonyl (C=O) groups excluding carboxylic acids is 2. The predicted molar refractivity (Wildman–Crippen MR) is 163 cm³/mol. The van der Waals surface area contributed by atoms with Crippen LogP contribution in [0.2, 0.25) is 0 Å². The number of hydrogen-bond acceptors (Lipinski definition) is 5. The molecule has 3 aromatic carbocycles. The molecule has 0 saturated carbocycles. The molecular weight excluding hydrogens is 557 g/mol. The Morgan fingerprint density at radius 1 is 0.952 bits per heavy atom. The number of sulfonamides is 1. The molecular formula is C32H40FN3O5S. The number of amides is 2. The van der Waals surface area contributed by atoms with E-state index in [0.717, 1.165) is 24.7 Å². The van der Waals surface area contributed by atoms with Crippen LogP contribution in [0.25, 0.3) is 0 Å². The van der Waals surface area contributed by atoms with Crippen molar-refractivity contribution in [3.05, 3.63) is 95.8 Å². The third-order valence-corrected chi connectivity index (χ3v) is 8.11. The van der Waals surface area contributed by atoms with Crippen LogP contribution < -0.4 is 14.4 Å². The van der Waals surface area contributed by atoms with E-state index in [0.29, 0.717) is 23.5 Å². The van der Waals surface area contributed by atoms with Gasteiger partial charge in [-0.15, -0.1) is 0 Å². The van der Waals surface area contributed by atoms with Crippen molar-refractivity contribution in [2.45, 2.75) is 51.6 Å². The zero-order valence-corrected chi connectivity index (χ0v) is 25.3. The van der Waals surface area contributed by atoms with Gasteiger partial charge in [-0.25, -0.2) is 12.8 Å². The van der Waals surface area contributed by atoms with Gasteiger partial charge in [0.25, 0.3) is 0 Å². The average Bonchev–Trinajstić information content (AvgIpc) is 2.98. The van der Waals surface area contributed by atoms with Crippen molar-refractivity contribution in [2.24, 2.45) is 0 Å². The van der Waals surface area contributed by atoms with Gasteiger partial charge in [0, 0.05) is 38.0 Å². The summed E-state index contributed by atoms with van der Waals surface area (Å²) in [6.45, 7) is 2.44. The number of rotatable bonds is 16. The number of carbonyl (C=O) groups is 2. The van der Waals surface area contributed by atoms with E-state index in [9.17, 15) is 22.4 Å². The Morgan fingerprint density at radius 3 is 2.24 bits per heavy atom. The summed E-state index contributed by atoms with van der Waals surface area (Å²) in [4.78, 5) is 28.7. The van der Waals surface area contributed by atoms with Crippen LogP contribution in [0.5, 0.6) is 5.75 Å². The number of benzene rings is 3. The van der Waals surface area contributed by atoms with Crippen LogP contribution >= 0.6 is 0 Å². The number of unbranched alkanes of at least 4 members (excludes halogenated alkanes) is 1. The highest BCUT2D eigenvalue weighted by atomic mass is 32.2. The van der Waals surface area contributed by atoms with Crippen molar-refractivity contribution in [3.63, 3.8) is 0 Å². The Kier molecular flexibility index (Phi) is 12.3. The Balaban J connectivity index is 1.87. The number of anilines is 1. The minimum atomic E-state index is -3.64. The maximum Gasteiger partial charge on any atom is 0.243 e. The van der Waals surface area contributed by atoms with Crippen LogP contribution in [0.1, 0.15) is 43.7 Å². The summed E-state index contributed by atoms with van der Waals surface area (Å²) in [6.07, 6.45) is 3.20. The molecule has 0 fully saturated rings. The molecule has 0 aromatic heterocycles. The predicted octanol–water partition coefficient (Wildman–Crippen LogP) is 4.94. The third kappa shape index (κ3) is 9.58. The average molecular weight is 598 g/mol. The lowest BCUT2D eigenvalue weighted by molar-refractivity contribution is -0.141. The van der Waals surface area contributed by atoms with Crippen molar-refractivity contribution in [2.75, 3.05) is 30.8 Å². The summed E-state index contributed by atoms with van der Waals surface area (Å²) in [7, 11) is -2.11. The summed E-state index contributed by atoms with van der Waals surface area (Å²) in [5.74, 6) is -0.559. The van der Waals surface area contributed by atoms with Crippen LogP contribution in [0, 0.1) is 5.82 Å². The lowest BCUT2D eigenvalue weighted by Gasteiger charge is -2.32. The van der Waals surface area contributed by atoms with Crippen molar-refractivity contribution in [1.82, 2.24) is 10.2 Å². The molecule has 0 heterocycles. The highest BCUT2D eigenvalue weighted by Crippen LogP contribution is 2.23. The van der Waals surface area contributed by atoms with Gasteiger partial charge in [0.15, 0.2) is 0 Å². The fourth-order valence-corrected chi connectivity index (χ4v) is 5.59. The number of ether oxygens (including phenoxy) is 1. The molecule has 1 atom stereocenters. The molecule has 42 heavy (non-hydrogen) atoms. The van der Waals surface area contributed by atoms with Gasteiger partial charge >= 0.3 is 0 Å². The maximum atomic E-state index is 14.8. The third-order valence-electron chi connectivity index (χ3n) is 6.91. The topological polar surface area (TPSA) is 96.0 Å². The molecule has 0 bridgehead atoms. The first-order valence-electron chi connectivity index (χ1n) is 14.1. The van der Waals surface area contributed by atoms with Gasteiger partial charge in [-0.05, 0) is 48.7 Å². The van der Waals surface area contributed by atoms with E-state index in [-0.39, 0.29) is 44.2 Å². The minimum absolute atomic E-state index is 0.0375. The summed E-state index contributed by atoms with van der Waals surface area (Å²) in [6, 6.07) is 21.3. The van der Waals surface area contributed by atoms with Crippen LogP contribution in [0.4, 0.5) is 10.1 Å². The van der Waals surface area contributed by atoms with E-state index < -0.39 is 21.9 Å². The van der Waals surface area contributed by atoms with Gasteiger partial charge in [0.05, 0.1) is 19.1 Å². The van der Waals surface area contributed by atoms with Gasteiger partial charge in [0.2, 0.25) is 21.8 Å². The smallest absolute Gasteiger partial charge is 0.243 e. The largest absolute Gasteiger partial charge is 0.497 e. The van der Waals surface area contributed by atoms with Crippen molar-refractivity contribution < 1.29 is 27.1 Å². The van der Waals surface area contributed by atoms with E-state index in [4.69, 9.17) is 4.74 Å². The van der Waals surface area contributed by atoms with E-state index in [2.05, 4.69) is 5.32 Å². The van der Waals surface area contributed by atoms with Gasteiger partial charge in [-0.3, -0.25) is 13.9 Å². The first-order chi connectivity index (χ1) is 20.1. The van der Waals surface area contributed by atoms with E-state index in [1.54, 1.807) is 42.5 Å². The summed E-state index contributed by atoms with van der Waals surface area (Å²) in [5.41, 5.74) is 1.61. The number of nitrogens with zero attached hydrogens (tertiary/aromatic N) is 2. The Hall–Kier alpha value is -3.92. The molecule has 226 valence electrons. The zero-order valence-electron chi connectivity index (χ0n) is 24.5. The minimum Gasteiger partial charge on any atom is -0.497 e. The van der Waals surface area contributed by atoms with E-state index >= 15 is 0 Å². The molecule has 3 aromatic rings. The summed E-state index contributed by atoms with van der Waals surface area (Å²) >= 11 is 0. The number of hydrogen-bond donors (Lipinski definition) is 1. The first kappa shape index (κ1) is 32.6. The monoisotopic (exact) mass is 597 g/mol. The summed E-state index contributed by atoms with van der Waals surface area (Å²) < 4.78 is 46.4. The van der Waals surface area contributed by atoms with Crippen molar-refractivity contribution >= 4 is 27.5 Å². The van der Waals surface area contributed by atoms with Crippen molar-refractivity contribution in [3.8, 4) is 5.75 Å². The fourth-order valence-electron chi connectivity index (χ4n) is 4.62. The fraction of sp³-hybridized carbons (Fsp3) is 0.375. The lowest BCUT2D eigenvalue weighted by Crippen LogP contribution is -2.50. The second-order valence-corrected chi connectivity index (χ2v) is 12.0. The molecule has 0 aliphatic rings. The molecule has 1 N–H and O–H groups in total. The summed E-state index contributed by atoms with van der Waals surface area (Å²) in [5, 5.41) is 2.94. The maximum absolute atomic E-state index is 14.8. The van der Waals surface area contributed by atoms with Crippen molar-refractivity contribution in [1.29, 1.82) is 0 Å². The Labute approximate surface area is 248 Å². The van der Waals surface area contributed by atoms with Gasteiger partial charge in [-0.1, -0.05) is 61.9 Å². The SMILES string of the molecule is CCCCNC(=O)[C@@H](Cc1ccccc1)N(Cc1ccccc1F)C(=O)CCCN(c1ccc(OC)cc1)S(C)(=O)=O. The van der Waals surface area contributed by atoms with Gasteiger partial charge in [-0.2, -0.15) is 0 Å². The van der Waals surface area contributed by atoms with Gasteiger partial charge in [0.1, 0.15) is 17.6 Å². The molecule has 0 unspecified atom stereocenters. The molecule has 0 radical (unpaired) electrons. The molecule has 0 aliphatic heterocycles. The molecule has 0 aliphatic carbocycles.